The Bertz CT molecular complexity index is 617. The van der Waals surface area contributed by atoms with Gasteiger partial charge in [-0.2, -0.15) is 18.3 Å². The Labute approximate surface area is 119 Å². The maximum Gasteiger partial charge on any atom is 0.419 e. The van der Waals surface area contributed by atoms with Crippen LogP contribution in [0.15, 0.2) is 30.6 Å². The van der Waals surface area contributed by atoms with E-state index >= 15 is 0 Å². The van der Waals surface area contributed by atoms with Crippen LogP contribution in [-0.4, -0.2) is 15.8 Å². The molecule has 0 unspecified atom stereocenters. The highest BCUT2D eigenvalue weighted by Crippen LogP contribution is 2.29. The molecule has 0 aliphatic heterocycles. The third-order valence-electron chi connectivity index (χ3n) is 2.90. The molecule has 0 amide bonds. The van der Waals surface area contributed by atoms with Crippen molar-refractivity contribution in [2.45, 2.75) is 32.6 Å². The Morgan fingerprint density at radius 2 is 2.00 bits per heavy atom. The van der Waals surface area contributed by atoms with Gasteiger partial charge in [0, 0.05) is 18.8 Å². The van der Waals surface area contributed by atoms with Crippen LogP contribution in [0.1, 0.15) is 25.0 Å². The molecule has 0 radical (unpaired) electrons. The van der Waals surface area contributed by atoms with E-state index in [1.54, 1.807) is 0 Å². The van der Waals surface area contributed by atoms with E-state index in [9.17, 15) is 17.6 Å². The molecular weight excluding hydrogens is 286 g/mol. The number of nitrogens with one attached hydrogen (secondary N) is 1. The molecule has 1 aromatic heterocycles. The van der Waals surface area contributed by atoms with Crippen molar-refractivity contribution >= 4 is 0 Å². The molecule has 1 heterocycles. The highest BCUT2D eigenvalue weighted by Gasteiger charge is 2.32. The predicted octanol–water partition coefficient (Wildman–Crippen LogP) is 3.53. The highest BCUT2D eigenvalue weighted by atomic mass is 19.4. The third-order valence-corrected chi connectivity index (χ3v) is 2.90. The summed E-state index contributed by atoms with van der Waals surface area (Å²) in [4.78, 5) is 0. The molecule has 0 aliphatic carbocycles. The van der Waals surface area contributed by atoms with E-state index in [2.05, 4.69) is 10.4 Å². The van der Waals surface area contributed by atoms with Crippen molar-refractivity contribution in [2.75, 3.05) is 0 Å². The predicted molar refractivity (Wildman–Crippen MR) is 70.5 cm³/mol. The highest BCUT2D eigenvalue weighted by molar-refractivity contribution is 5.41. The third kappa shape index (κ3) is 3.81. The molecule has 0 atom stereocenters. The van der Waals surface area contributed by atoms with E-state index in [4.69, 9.17) is 0 Å². The number of alkyl halides is 3. The maximum atomic E-state index is 13.3. The van der Waals surface area contributed by atoms with Crippen LogP contribution in [0.3, 0.4) is 0 Å². The molecule has 0 aliphatic rings. The van der Waals surface area contributed by atoms with Crippen molar-refractivity contribution in [3.05, 3.63) is 47.5 Å². The molecule has 7 heteroatoms. The molecule has 2 aromatic rings. The lowest BCUT2D eigenvalue weighted by molar-refractivity contribution is -0.137. The number of benzene rings is 1. The quantitative estimate of drug-likeness (QED) is 0.876. The summed E-state index contributed by atoms with van der Waals surface area (Å²) in [6.45, 7) is 4.19. The number of hydrogen-bond acceptors (Lipinski definition) is 2. The molecule has 3 nitrogen and oxygen atoms in total. The van der Waals surface area contributed by atoms with Gasteiger partial charge in [-0.25, -0.2) is 9.07 Å². The SMILES string of the molecule is CC(C)NCc1cc(F)ccc1-n1cc(C(F)(F)F)cn1. The summed E-state index contributed by atoms with van der Waals surface area (Å²) in [5.74, 6) is -0.442. The van der Waals surface area contributed by atoms with Crippen LogP contribution in [0.2, 0.25) is 0 Å². The first-order chi connectivity index (χ1) is 9.77. The standard InChI is InChI=1S/C14H15F4N3/c1-9(2)19-6-10-5-12(15)3-4-13(10)21-8-11(7-20-21)14(16,17)18/h3-5,7-9,19H,6H2,1-2H3. The summed E-state index contributed by atoms with van der Waals surface area (Å²) >= 11 is 0. The molecule has 1 N–H and O–H groups in total. The molecule has 2 rings (SSSR count). The van der Waals surface area contributed by atoms with Crippen molar-refractivity contribution in [3.63, 3.8) is 0 Å². The minimum atomic E-state index is -4.45. The van der Waals surface area contributed by atoms with Crippen molar-refractivity contribution < 1.29 is 17.6 Å². The summed E-state index contributed by atoms with van der Waals surface area (Å²) in [6, 6.07) is 4.08. The van der Waals surface area contributed by atoms with E-state index in [0.717, 1.165) is 17.1 Å². The van der Waals surface area contributed by atoms with Gasteiger partial charge in [-0.3, -0.25) is 0 Å². The second kappa shape index (κ2) is 5.85. The lowest BCUT2D eigenvalue weighted by Crippen LogP contribution is -2.22. The van der Waals surface area contributed by atoms with Gasteiger partial charge in [0.15, 0.2) is 0 Å². The zero-order valence-electron chi connectivity index (χ0n) is 11.6. The van der Waals surface area contributed by atoms with Crippen LogP contribution in [0.4, 0.5) is 17.6 Å². The number of nitrogens with zero attached hydrogens (tertiary/aromatic N) is 2. The smallest absolute Gasteiger partial charge is 0.310 e. The van der Waals surface area contributed by atoms with E-state index < -0.39 is 17.6 Å². The van der Waals surface area contributed by atoms with Gasteiger partial charge in [-0.1, -0.05) is 13.8 Å². The van der Waals surface area contributed by atoms with Crippen LogP contribution in [0, 0.1) is 5.82 Å². The summed E-state index contributed by atoms with van der Waals surface area (Å²) in [5, 5.41) is 6.82. The fourth-order valence-corrected chi connectivity index (χ4v) is 1.83. The number of hydrogen-bond donors (Lipinski definition) is 1. The van der Waals surface area contributed by atoms with Crippen LogP contribution in [0.25, 0.3) is 5.69 Å². The lowest BCUT2D eigenvalue weighted by Gasteiger charge is -2.13. The first-order valence-electron chi connectivity index (χ1n) is 6.41. The minimum Gasteiger partial charge on any atom is -0.310 e. The Kier molecular flexibility index (Phi) is 4.32. The number of rotatable bonds is 4. The van der Waals surface area contributed by atoms with Gasteiger partial charge >= 0.3 is 6.18 Å². The van der Waals surface area contributed by atoms with Gasteiger partial charge in [0.05, 0.1) is 17.4 Å². The summed E-state index contributed by atoms with van der Waals surface area (Å²) in [7, 11) is 0. The Hall–Kier alpha value is -1.89. The van der Waals surface area contributed by atoms with Crippen molar-refractivity contribution in [1.82, 2.24) is 15.1 Å². The zero-order chi connectivity index (χ0) is 15.6. The first-order valence-corrected chi connectivity index (χ1v) is 6.41. The van der Waals surface area contributed by atoms with Crippen LogP contribution < -0.4 is 5.32 Å². The maximum absolute atomic E-state index is 13.3. The lowest BCUT2D eigenvalue weighted by atomic mass is 10.1. The Balaban J connectivity index is 2.36. The van der Waals surface area contributed by atoms with Gasteiger partial charge in [0.2, 0.25) is 0 Å². The second-order valence-corrected chi connectivity index (χ2v) is 4.98. The van der Waals surface area contributed by atoms with Crippen LogP contribution in [0.5, 0.6) is 0 Å². The Morgan fingerprint density at radius 3 is 2.57 bits per heavy atom. The largest absolute Gasteiger partial charge is 0.419 e. The molecule has 0 saturated heterocycles. The monoisotopic (exact) mass is 301 g/mol. The van der Waals surface area contributed by atoms with Crippen molar-refractivity contribution in [2.24, 2.45) is 0 Å². The minimum absolute atomic E-state index is 0.171. The van der Waals surface area contributed by atoms with Gasteiger partial charge in [-0.05, 0) is 23.8 Å². The van der Waals surface area contributed by atoms with Gasteiger partial charge < -0.3 is 5.32 Å². The number of halogens is 4. The van der Waals surface area contributed by atoms with Gasteiger partial charge in [0.1, 0.15) is 5.82 Å². The first kappa shape index (κ1) is 15.5. The fraction of sp³-hybridized carbons (Fsp3) is 0.357. The van der Waals surface area contributed by atoms with Crippen LogP contribution >= 0.6 is 0 Å². The fourth-order valence-electron chi connectivity index (χ4n) is 1.83. The van der Waals surface area contributed by atoms with Crippen molar-refractivity contribution in [3.8, 4) is 5.69 Å². The molecule has 1 aromatic carbocycles. The molecule has 21 heavy (non-hydrogen) atoms. The summed E-state index contributed by atoms with van der Waals surface area (Å²) in [6.07, 6.45) is -2.80. The zero-order valence-corrected chi connectivity index (χ0v) is 11.6. The molecule has 0 fully saturated rings. The molecule has 0 spiro atoms. The van der Waals surface area contributed by atoms with E-state index in [0.29, 0.717) is 17.8 Å². The summed E-state index contributed by atoms with van der Waals surface area (Å²) in [5.41, 5.74) is 0.121. The topological polar surface area (TPSA) is 29.9 Å². The van der Waals surface area contributed by atoms with Crippen molar-refractivity contribution in [1.29, 1.82) is 0 Å². The van der Waals surface area contributed by atoms with Crippen LogP contribution in [-0.2, 0) is 12.7 Å². The van der Waals surface area contributed by atoms with E-state index in [-0.39, 0.29) is 6.04 Å². The number of aromatic nitrogens is 2. The second-order valence-electron chi connectivity index (χ2n) is 4.98. The molecular formula is C14H15F4N3. The van der Waals surface area contributed by atoms with Gasteiger partial charge in [0.25, 0.3) is 0 Å². The van der Waals surface area contributed by atoms with E-state index in [1.165, 1.54) is 18.2 Å². The average molecular weight is 301 g/mol. The molecule has 0 bridgehead atoms. The molecule has 114 valence electrons. The average Bonchev–Trinajstić information content (AvgIpc) is 2.85. The van der Waals surface area contributed by atoms with Gasteiger partial charge in [-0.15, -0.1) is 0 Å². The normalized spacial score (nSPS) is 12.1. The molecule has 0 saturated carbocycles. The summed E-state index contributed by atoms with van der Waals surface area (Å²) < 4.78 is 52.3. The Morgan fingerprint density at radius 1 is 1.29 bits per heavy atom. The van der Waals surface area contributed by atoms with E-state index in [1.807, 2.05) is 13.8 Å².